The highest BCUT2D eigenvalue weighted by molar-refractivity contribution is 9.10. The Labute approximate surface area is 126 Å². The molecule has 4 nitrogen and oxygen atoms in total. The standard InChI is InChI=1S/C13H15BrN2O2.ClH/c1-8(15-2)7-16-13(17)12-6-9-5-10(14)3-4-11(9)18-12;/h3-6,8,15H,7H2,1-2H3,(H,16,17);1H. The van der Waals surface area contributed by atoms with E-state index in [0.717, 1.165) is 9.86 Å². The fourth-order valence-electron chi connectivity index (χ4n) is 1.56. The number of halogens is 2. The Morgan fingerprint density at radius 3 is 2.84 bits per heavy atom. The van der Waals surface area contributed by atoms with Gasteiger partial charge in [-0.25, -0.2) is 0 Å². The van der Waals surface area contributed by atoms with Crippen molar-refractivity contribution in [3.63, 3.8) is 0 Å². The molecule has 0 aliphatic rings. The summed E-state index contributed by atoms with van der Waals surface area (Å²) in [5.41, 5.74) is 0.713. The van der Waals surface area contributed by atoms with Gasteiger partial charge in [0.25, 0.3) is 5.91 Å². The summed E-state index contributed by atoms with van der Waals surface area (Å²) in [6.45, 7) is 2.56. The van der Waals surface area contributed by atoms with E-state index < -0.39 is 0 Å². The zero-order chi connectivity index (χ0) is 13.1. The minimum atomic E-state index is -0.190. The van der Waals surface area contributed by atoms with Crippen LogP contribution in [0.2, 0.25) is 0 Å². The summed E-state index contributed by atoms with van der Waals surface area (Å²) in [5.74, 6) is 0.149. The molecule has 0 aliphatic carbocycles. The monoisotopic (exact) mass is 346 g/mol. The van der Waals surface area contributed by atoms with Gasteiger partial charge in [0.2, 0.25) is 0 Å². The van der Waals surface area contributed by atoms with Crippen molar-refractivity contribution < 1.29 is 9.21 Å². The van der Waals surface area contributed by atoms with Gasteiger partial charge in [-0.3, -0.25) is 4.79 Å². The molecule has 0 fully saturated rings. The Hall–Kier alpha value is -1.04. The van der Waals surface area contributed by atoms with Gasteiger partial charge in [-0.1, -0.05) is 15.9 Å². The molecule has 1 amide bonds. The summed E-state index contributed by atoms with van der Waals surface area (Å²) < 4.78 is 6.46. The van der Waals surface area contributed by atoms with Crippen LogP contribution in [0.4, 0.5) is 0 Å². The number of nitrogens with one attached hydrogen (secondary N) is 2. The second-order valence-corrected chi connectivity index (χ2v) is 5.11. The lowest BCUT2D eigenvalue weighted by Crippen LogP contribution is -2.36. The van der Waals surface area contributed by atoms with E-state index >= 15 is 0 Å². The van der Waals surface area contributed by atoms with Crippen LogP contribution in [0.3, 0.4) is 0 Å². The van der Waals surface area contributed by atoms with Crippen LogP contribution >= 0.6 is 28.3 Å². The van der Waals surface area contributed by atoms with Crippen LogP contribution in [-0.2, 0) is 0 Å². The summed E-state index contributed by atoms with van der Waals surface area (Å²) in [5, 5.41) is 6.79. The van der Waals surface area contributed by atoms with Gasteiger partial charge in [0.15, 0.2) is 5.76 Å². The molecule has 0 bridgehead atoms. The smallest absolute Gasteiger partial charge is 0.287 e. The molecule has 0 radical (unpaired) electrons. The average Bonchev–Trinajstić information content (AvgIpc) is 2.78. The summed E-state index contributed by atoms with van der Waals surface area (Å²) in [7, 11) is 1.86. The quantitative estimate of drug-likeness (QED) is 0.894. The molecule has 6 heteroatoms. The van der Waals surface area contributed by atoms with Gasteiger partial charge in [0.05, 0.1) is 0 Å². The number of likely N-dealkylation sites (N-methyl/N-ethyl adjacent to an activating group) is 1. The SMILES string of the molecule is CNC(C)CNC(=O)c1cc2cc(Br)ccc2o1.Cl. The number of hydrogen-bond acceptors (Lipinski definition) is 3. The van der Waals surface area contributed by atoms with Crippen LogP contribution in [0.1, 0.15) is 17.5 Å². The summed E-state index contributed by atoms with van der Waals surface area (Å²) in [4.78, 5) is 11.9. The molecule has 1 aromatic carbocycles. The van der Waals surface area contributed by atoms with Gasteiger partial charge in [-0.2, -0.15) is 0 Å². The predicted molar refractivity (Wildman–Crippen MR) is 82.0 cm³/mol. The van der Waals surface area contributed by atoms with E-state index in [2.05, 4.69) is 26.6 Å². The van der Waals surface area contributed by atoms with E-state index in [1.807, 2.05) is 32.2 Å². The molecule has 0 saturated heterocycles. The van der Waals surface area contributed by atoms with Gasteiger partial charge in [-0.15, -0.1) is 12.4 Å². The maximum atomic E-state index is 11.9. The van der Waals surface area contributed by atoms with E-state index in [9.17, 15) is 4.79 Å². The van der Waals surface area contributed by atoms with Crippen molar-refractivity contribution in [2.45, 2.75) is 13.0 Å². The first kappa shape index (κ1) is 16.0. The molecule has 104 valence electrons. The first-order chi connectivity index (χ1) is 8.60. The fourth-order valence-corrected chi connectivity index (χ4v) is 1.94. The van der Waals surface area contributed by atoms with E-state index in [1.165, 1.54) is 0 Å². The normalized spacial score (nSPS) is 11.9. The number of rotatable bonds is 4. The van der Waals surface area contributed by atoms with Crippen molar-refractivity contribution in [1.29, 1.82) is 0 Å². The molecular formula is C13H16BrClN2O2. The molecule has 1 atom stereocenters. The number of hydrogen-bond donors (Lipinski definition) is 2. The lowest BCUT2D eigenvalue weighted by Gasteiger charge is -2.09. The Kier molecular flexibility index (Phi) is 5.85. The molecule has 0 spiro atoms. The van der Waals surface area contributed by atoms with Crippen molar-refractivity contribution in [3.8, 4) is 0 Å². The third kappa shape index (κ3) is 3.96. The number of furan rings is 1. The van der Waals surface area contributed by atoms with Gasteiger partial charge < -0.3 is 15.1 Å². The molecule has 0 saturated carbocycles. The van der Waals surface area contributed by atoms with Crippen LogP contribution < -0.4 is 10.6 Å². The minimum Gasteiger partial charge on any atom is -0.451 e. The minimum absolute atomic E-state index is 0. The lowest BCUT2D eigenvalue weighted by molar-refractivity contribution is 0.0925. The van der Waals surface area contributed by atoms with E-state index in [0.29, 0.717) is 17.9 Å². The van der Waals surface area contributed by atoms with E-state index in [-0.39, 0.29) is 24.4 Å². The molecule has 1 unspecified atom stereocenters. The maximum Gasteiger partial charge on any atom is 0.287 e. The molecule has 2 N–H and O–H groups in total. The Balaban J connectivity index is 0.00000180. The number of benzene rings is 1. The Morgan fingerprint density at radius 2 is 2.16 bits per heavy atom. The molecule has 19 heavy (non-hydrogen) atoms. The number of carbonyl (C=O) groups is 1. The second-order valence-electron chi connectivity index (χ2n) is 4.19. The zero-order valence-corrected chi connectivity index (χ0v) is 13.1. The van der Waals surface area contributed by atoms with Crippen molar-refractivity contribution in [2.24, 2.45) is 0 Å². The third-order valence-corrected chi connectivity index (χ3v) is 3.26. The van der Waals surface area contributed by atoms with E-state index in [1.54, 1.807) is 6.07 Å². The topological polar surface area (TPSA) is 54.3 Å². The van der Waals surface area contributed by atoms with Crippen molar-refractivity contribution >= 4 is 45.2 Å². The van der Waals surface area contributed by atoms with Crippen LogP contribution in [0.5, 0.6) is 0 Å². The first-order valence-electron chi connectivity index (χ1n) is 5.74. The predicted octanol–water partition coefficient (Wildman–Crippen LogP) is 2.95. The van der Waals surface area contributed by atoms with Crippen molar-refractivity contribution in [1.82, 2.24) is 10.6 Å². The highest BCUT2D eigenvalue weighted by Gasteiger charge is 2.12. The maximum absolute atomic E-state index is 11.9. The highest BCUT2D eigenvalue weighted by Crippen LogP contribution is 2.23. The van der Waals surface area contributed by atoms with Crippen LogP contribution in [0.25, 0.3) is 11.0 Å². The first-order valence-corrected chi connectivity index (χ1v) is 6.54. The number of amides is 1. The average molecular weight is 348 g/mol. The van der Waals surface area contributed by atoms with Crippen LogP contribution in [0.15, 0.2) is 33.2 Å². The molecule has 0 aliphatic heterocycles. The fraction of sp³-hybridized carbons (Fsp3) is 0.308. The Bertz CT molecular complexity index is 571. The van der Waals surface area contributed by atoms with Crippen LogP contribution in [0, 0.1) is 0 Å². The molecule has 1 heterocycles. The van der Waals surface area contributed by atoms with Crippen LogP contribution in [-0.4, -0.2) is 25.5 Å². The summed E-state index contributed by atoms with van der Waals surface area (Å²) >= 11 is 3.39. The largest absolute Gasteiger partial charge is 0.451 e. The van der Waals surface area contributed by atoms with Crippen molar-refractivity contribution in [3.05, 3.63) is 34.5 Å². The van der Waals surface area contributed by atoms with Gasteiger partial charge >= 0.3 is 0 Å². The molecular weight excluding hydrogens is 332 g/mol. The van der Waals surface area contributed by atoms with Crippen molar-refractivity contribution in [2.75, 3.05) is 13.6 Å². The highest BCUT2D eigenvalue weighted by atomic mass is 79.9. The van der Waals surface area contributed by atoms with E-state index in [4.69, 9.17) is 4.42 Å². The van der Waals surface area contributed by atoms with Gasteiger partial charge in [0, 0.05) is 22.4 Å². The van der Waals surface area contributed by atoms with Gasteiger partial charge in [0.1, 0.15) is 5.58 Å². The summed E-state index contributed by atoms with van der Waals surface area (Å²) in [6.07, 6.45) is 0. The molecule has 2 rings (SSSR count). The summed E-state index contributed by atoms with van der Waals surface area (Å²) in [6, 6.07) is 7.63. The van der Waals surface area contributed by atoms with Gasteiger partial charge in [-0.05, 0) is 38.2 Å². The zero-order valence-electron chi connectivity index (χ0n) is 10.7. The Morgan fingerprint density at radius 1 is 1.42 bits per heavy atom. The second kappa shape index (κ2) is 6.93. The molecule has 2 aromatic rings. The third-order valence-electron chi connectivity index (χ3n) is 2.76. The number of fused-ring (bicyclic) bond motifs is 1. The molecule has 1 aromatic heterocycles. The number of carbonyl (C=O) groups excluding carboxylic acids is 1. The lowest BCUT2D eigenvalue weighted by atomic mass is 10.2.